The van der Waals surface area contributed by atoms with Gasteiger partial charge in [-0.05, 0) is 6.92 Å². The van der Waals surface area contributed by atoms with Gasteiger partial charge in [-0.2, -0.15) is 0 Å². The van der Waals surface area contributed by atoms with Gasteiger partial charge in [0.05, 0.1) is 0 Å². The second-order valence-electron chi connectivity index (χ2n) is 1.19. The fourth-order valence-electron chi connectivity index (χ4n) is 0.290. The second-order valence-corrected chi connectivity index (χ2v) is 1.44. The Morgan fingerprint density at radius 1 is 1.88 bits per heavy atom. The van der Waals surface area contributed by atoms with Crippen LogP contribution in [0.4, 0.5) is 0 Å². The first-order valence-electron chi connectivity index (χ1n) is 2.36. The monoisotopic (exact) mass is 133 g/mol. The maximum absolute atomic E-state index is 10.4. The molecule has 1 amide bonds. The SMILES string of the molecule is CCNC(=O)/C=C/Cl. The van der Waals surface area contributed by atoms with E-state index in [1.54, 1.807) is 0 Å². The lowest BCUT2D eigenvalue weighted by Crippen LogP contribution is -2.19. The summed E-state index contributed by atoms with van der Waals surface area (Å²) >= 11 is 5.09. The van der Waals surface area contributed by atoms with Crippen molar-refractivity contribution < 1.29 is 4.79 Å². The Hall–Kier alpha value is -0.500. The van der Waals surface area contributed by atoms with E-state index in [0.717, 1.165) is 0 Å². The highest BCUT2D eigenvalue weighted by molar-refractivity contribution is 6.26. The number of carbonyl (C=O) groups excluding carboxylic acids is 1. The molecule has 0 aromatic rings. The highest BCUT2D eigenvalue weighted by atomic mass is 35.5. The quantitative estimate of drug-likeness (QED) is 0.557. The average Bonchev–Trinajstić information content (AvgIpc) is 1.68. The van der Waals surface area contributed by atoms with E-state index in [-0.39, 0.29) is 5.91 Å². The molecule has 0 saturated heterocycles. The lowest BCUT2D eigenvalue weighted by molar-refractivity contribution is -0.116. The first-order valence-corrected chi connectivity index (χ1v) is 2.79. The molecule has 0 aliphatic heterocycles. The summed E-state index contributed by atoms with van der Waals surface area (Å²) in [6.07, 6.45) is 1.27. The third kappa shape index (κ3) is 3.68. The normalized spacial score (nSPS) is 9.75. The van der Waals surface area contributed by atoms with Crippen molar-refractivity contribution >= 4 is 17.5 Å². The van der Waals surface area contributed by atoms with Crippen molar-refractivity contribution in [2.45, 2.75) is 6.92 Å². The van der Waals surface area contributed by atoms with Gasteiger partial charge in [0.15, 0.2) is 0 Å². The Kier molecular flexibility index (Phi) is 4.36. The molecule has 46 valence electrons. The number of hydrogen-bond donors (Lipinski definition) is 1. The maximum Gasteiger partial charge on any atom is 0.244 e. The minimum atomic E-state index is -0.150. The highest BCUT2D eigenvalue weighted by Gasteiger charge is 1.86. The number of nitrogens with one attached hydrogen (secondary N) is 1. The molecular weight excluding hydrogens is 126 g/mol. The summed E-state index contributed by atoms with van der Waals surface area (Å²) in [6, 6.07) is 0. The van der Waals surface area contributed by atoms with Gasteiger partial charge in [0.1, 0.15) is 0 Å². The van der Waals surface area contributed by atoms with Crippen LogP contribution in [-0.2, 0) is 4.79 Å². The second kappa shape index (κ2) is 4.65. The van der Waals surface area contributed by atoms with Crippen molar-refractivity contribution in [2.75, 3.05) is 6.54 Å². The van der Waals surface area contributed by atoms with Crippen molar-refractivity contribution in [1.29, 1.82) is 0 Å². The molecule has 0 aromatic carbocycles. The van der Waals surface area contributed by atoms with Crippen LogP contribution in [0.15, 0.2) is 11.6 Å². The number of likely N-dealkylation sites (N-methyl/N-ethyl adjacent to an activating group) is 1. The molecular formula is C5H8ClNO. The Labute approximate surface area is 53.5 Å². The molecule has 8 heavy (non-hydrogen) atoms. The first-order chi connectivity index (χ1) is 3.81. The maximum atomic E-state index is 10.4. The Morgan fingerprint density at radius 3 is 2.88 bits per heavy atom. The summed E-state index contributed by atoms with van der Waals surface area (Å²) in [7, 11) is 0. The van der Waals surface area contributed by atoms with Crippen LogP contribution >= 0.6 is 11.6 Å². The van der Waals surface area contributed by atoms with E-state index < -0.39 is 0 Å². The van der Waals surface area contributed by atoms with Crippen LogP contribution in [0, 0.1) is 0 Å². The molecule has 0 fully saturated rings. The number of amides is 1. The van der Waals surface area contributed by atoms with Gasteiger partial charge in [-0.25, -0.2) is 0 Å². The van der Waals surface area contributed by atoms with Crippen molar-refractivity contribution in [3.05, 3.63) is 11.6 Å². The average molecular weight is 134 g/mol. The molecule has 1 N–H and O–H groups in total. The van der Waals surface area contributed by atoms with Crippen molar-refractivity contribution in [2.24, 2.45) is 0 Å². The zero-order valence-electron chi connectivity index (χ0n) is 4.65. The van der Waals surface area contributed by atoms with Gasteiger partial charge in [-0.1, -0.05) is 11.6 Å². The lowest BCUT2D eigenvalue weighted by Gasteiger charge is -1.91. The fourth-order valence-corrected chi connectivity index (χ4v) is 0.405. The molecule has 3 heteroatoms. The Balaban J connectivity index is 3.33. The summed E-state index contributed by atoms with van der Waals surface area (Å²) in [6.45, 7) is 2.49. The van der Waals surface area contributed by atoms with Gasteiger partial charge in [-0.15, -0.1) is 0 Å². The lowest BCUT2D eigenvalue weighted by atomic mass is 10.6. The molecule has 0 heterocycles. The molecule has 0 aliphatic rings. The third-order valence-corrected chi connectivity index (χ3v) is 0.691. The van der Waals surface area contributed by atoms with Crippen LogP contribution in [0.25, 0.3) is 0 Å². The van der Waals surface area contributed by atoms with E-state index in [1.165, 1.54) is 11.6 Å². The minimum Gasteiger partial charge on any atom is -0.353 e. The van der Waals surface area contributed by atoms with Gasteiger partial charge >= 0.3 is 0 Å². The fraction of sp³-hybridized carbons (Fsp3) is 0.400. The van der Waals surface area contributed by atoms with E-state index in [1.807, 2.05) is 6.92 Å². The van der Waals surface area contributed by atoms with Gasteiger partial charge in [0.25, 0.3) is 0 Å². The van der Waals surface area contributed by atoms with Crippen LogP contribution < -0.4 is 5.32 Å². The molecule has 0 saturated carbocycles. The van der Waals surface area contributed by atoms with Crippen LogP contribution in [0.3, 0.4) is 0 Å². The van der Waals surface area contributed by atoms with E-state index in [0.29, 0.717) is 6.54 Å². The predicted molar refractivity (Wildman–Crippen MR) is 33.7 cm³/mol. The smallest absolute Gasteiger partial charge is 0.244 e. The van der Waals surface area contributed by atoms with E-state index in [2.05, 4.69) is 5.32 Å². The van der Waals surface area contributed by atoms with Crippen LogP contribution in [-0.4, -0.2) is 12.5 Å². The zero-order valence-corrected chi connectivity index (χ0v) is 5.40. The van der Waals surface area contributed by atoms with Crippen molar-refractivity contribution in [3.8, 4) is 0 Å². The molecule has 0 atom stereocenters. The summed E-state index contributed by atoms with van der Waals surface area (Å²) < 4.78 is 0. The Bertz CT molecular complexity index is 101. The van der Waals surface area contributed by atoms with Crippen molar-refractivity contribution in [1.82, 2.24) is 5.32 Å². The van der Waals surface area contributed by atoms with Gasteiger partial charge in [0.2, 0.25) is 5.91 Å². The number of halogens is 1. The zero-order chi connectivity index (χ0) is 6.41. The van der Waals surface area contributed by atoms with Gasteiger partial charge in [-0.3, -0.25) is 4.79 Å². The minimum absolute atomic E-state index is 0.150. The van der Waals surface area contributed by atoms with Crippen LogP contribution in [0.1, 0.15) is 6.92 Å². The molecule has 0 bridgehead atoms. The summed E-state index contributed by atoms with van der Waals surface area (Å²) in [5.74, 6) is -0.150. The summed E-state index contributed by atoms with van der Waals surface area (Å²) in [5, 5.41) is 2.54. The molecule has 0 radical (unpaired) electrons. The summed E-state index contributed by atoms with van der Waals surface area (Å²) in [5.41, 5.74) is 1.19. The number of hydrogen-bond acceptors (Lipinski definition) is 1. The van der Waals surface area contributed by atoms with Gasteiger partial charge < -0.3 is 5.32 Å². The molecule has 2 nitrogen and oxygen atoms in total. The topological polar surface area (TPSA) is 29.1 Å². The standard InChI is InChI=1S/C5H8ClNO/c1-2-7-5(8)3-4-6/h3-4H,2H2,1H3,(H,7,8)/b4-3+. The molecule has 0 unspecified atom stereocenters. The Morgan fingerprint density at radius 2 is 2.50 bits per heavy atom. The van der Waals surface area contributed by atoms with Crippen molar-refractivity contribution in [3.63, 3.8) is 0 Å². The highest BCUT2D eigenvalue weighted by Crippen LogP contribution is 1.76. The van der Waals surface area contributed by atoms with E-state index in [9.17, 15) is 4.79 Å². The van der Waals surface area contributed by atoms with Gasteiger partial charge in [0, 0.05) is 18.2 Å². The van der Waals surface area contributed by atoms with E-state index >= 15 is 0 Å². The first kappa shape index (κ1) is 7.50. The molecule has 0 spiro atoms. The van der Waals surface area contributed by atoms with E-state index in [4.69, 9.17) is 11.6 Å². The third-order valence-electron chi connectivity index (χ3n) is 0.565. The largest absolute Gasteiger partial charge is 0.353 e. The number of rotatable bonds is 2. The van der Waals surface area contributed by atoms with Crippen LogP contribution in [0.5, 0.6) is 0 Å². The molecule has 0 aliphatic carbocycles. The summed E-state index contributed by atoms with van der Waals surface area (Å²) in [4.78, 5) is 10.4. The molecule has 0 aromatic heterocycles. The predicted octanol–water partition coefficient (Wildman–Crippen LogP) is 0.875. The van der Waals surface area contributed by atoms with Crippen LogP contribution in [0.2, 0.25) is 0 Å². The molecule has 0 rings (SSSR count). The number of carbonyl (C=O) groups is 1.